The van der Waals surface area contributed by atoms with Crippen LogP contribution in [-0.2, 0) is 4.79 Å². The molecule has 0 radical (unpaired) electrons. The zero-order chi connectivity index (χ0) is 13.3. The number of hydrogen-bond donors (Lipinski definition) is 1. The number of aliphatic carboxylic acids is 1. The summed E-state index contributed by atoms with van der Waals surface area (Å²) in [5.74, 6) is -4.26. The van der Waals surface area contributed by atoms with Crippen molar-refractivity contribution >= 4 is 11.9 Å². The first-order chi connectivity index (χ1) is 8.52. The molecule has 1 aromatic rings. The molecule has 0 aromatic heterocycles. The number of nitrogens with zero attached hydrogens (tertiary/aromatic N) is 1. The standard InChI is InChI=1S/C12H11F2NO3/c13-8-4-1-3-7(10(8)14)11(16)15-6-2-5-9(15)12(17)18/h1,3-4,9H,2,5-6H2,(H,17,18). The number of carboxylic acid groups (broad SMARTS) is 1. The van der Waals surface area contributed by atoms with Gasteiger partial charge in [0.25, 0.3) is 5.91 Å². The number of rotatable bonds is 2. The summed E-state index contributed by atoms with van der Waals surface area (Å²) in [7, 11) is 0. The predicted molar refractivity (Wildman–Crippen MR) is 58.1 cm³/mol. The fraction of sp³-hybridized carbons (Fsp3) is 0.333. The van der Waals surface area contributed by atoms with Gasteiger partial charge in [0.05, 0.1) is 5.56 Å². The Balaban J connectivity index is 2.31. The van der Waals surface area contributed by atoms with Crippen molar-refractivity contribution in [3.63, 3.8) is 0 Å². The largest absolute Gasteiger partial charge is 0.480 e. The maximum Gasteiger partial charge on any atom is 0.326 e. The first-order valence-electron chi connectivity index (χ1n) is 5.50. The second kappa shape index (κ2) is 4.72. The Labute approximate surface area is 102 Å². The van der Waals surface area contributed by atoms with Crippen LogP contribution in [0.25, 0.3) is 0 Å². The lowest BCUT2D eigenvalue weighted by atomic mass is 10.1. The number of halogens is 2. The number of carbonyl (C=O) groups excluding carboxylic acids is 1. The van der Waals surface area contributed by atoms with Crippen LogP contribution >= 0.6 is 0 Å². The van der Waals surface area contributed by atoms with Gasteiger partial charge in [-0.1, -0.05) is 6.07 Å². The van der Waals surface area contributed by atoms with Gasteiger partial charge in [-0.2, -0.15) is 0 Å². The summed E-state index contributed by atoms with van der Waals surface area (Å²) in [6, 6.07) is 2.32. The molecule has 1 N–H and O–H groups in total. The number of carbonyl (C=O) groups is 2. The van der Waals surface area contributed by atoms with Crippen molar-refractivity contribution in [1.82, 2.24) is 4.90 Å². The lowest BCUT2D eigenvalue weighted by molar-refractivity contribution is -0.141. The minimum absolute atomic E-state index is 0.242. The molecule has 18 heavy (non-hydrogen) atoms. The third-order valence-electron chi connectivity index (χ3n) is 2.98. The van der Waals surface area contributed by atoms with Gasteiger partial charge in [0.2, 0.25) is 0 Å². The van der Waals surface area contributed by atoms with Crippen LogP contribution < -0.4 is 0 Å². The molecule has 96 valence electrons. The molecule has 1 aliphatic heterocycles. The molecule has 0 saturated carbocycles. The smallest absolute Gasteiger partial charge is 0.326 e. The normalized spacial score (nSPS) is 19.0. The van der Waals surface area contributed by atoms with Crippen LogP contribution in [-0.4, -0.2) is 34.5 Å². The highest BCUT2D eigenvalue weighted by Gasteiger charge is 2.35. The van der Waals surface area contributed by atoms with E-state index in [1.807, 2.05) is 0 Å². The van der Waals surface area contributed by atoms with E-state index in [1.165, 1.54) is 6.07 Å². The number of amides is 1. The monoisotopic (exact) mass is 255 g/mol. The Morgan fingerprint density at radius 3 is 2.72 bits per heavy atom. The van der Waals surface area contributed by atoms with Gasteiger partial charge in [-0.25, -0.2) is 13.6 Å². The maximum absolute atomic E-state index is 13.5. The summed E-state index contributed by atoms with van der Waals surface area (Å²) in [6.07, 6.45) is 0.873. The molecule has 1 aromatic carbocycles. The second-order valence-electron chi connectivity index (χ2n) is 4.10. The van der Waals surface area contributed by atoms with Crippen LogP contribution in [0.3, 0.4) is 0 Å². The molecule has 1 aliphatic rings. The highest BCUT2D eigenvalue weighted by Crippen LogP contribution is 2.22. The average Bonchev–Trinajstić information content (AvgIpc) is 2.81. The van der Waals surface area contributed by atoms with Gasteiger partial charge in [-0.15, -0.1) is 0 Å². The van der Waals surface area contributed by atoms with Gasteiger partial charge in [-0.05, 0) is 25.0 Å². The van der Waals surface area contributed by atoms with Crippen molar-refractivity contribution in [1.29, 1.82) is 0 Å². The molecule has 4 nitrogen and oxygen atoms in total. The number of hydrogen-bond acceptors (Lipinski definition) is 2. The van der Waals surface area contributed by atoms with Crippen molar-refractivity contribution in [3.8, 4) is 0 Å². The Morgan fingerprint density at radius 2 is 2.06 bits per heavy atom. The third kappa shape index (κ3) is 2.05. The molecule has 2 rings (SSSR count). The van der Waals surface area contributed by atoms with E-state index in [0.29, 0.717) is 12.8 Å². The summed E-state index contributed by atoms with van der Waals surface area (Å²) < 4.78 is 26.5. The minimum atomic E-state index is -1.24. The van der Waals surface area contributed by atoms with Gasteiger partial charge in [0, 0.05) is 6.54 Å². The van der Waals surface area contributed by atoms with Crippen LogP contribution in [0.15, 0.2) is 18.2 Å². The van der Waals surface area contributed by atoms with Gasteiger partial charge >= 0.3 is 5.97 Å². The molecule has 1 atom stereocenters. The van der Waals surface area contributed by atoms with Crippen LogP contribution in [0.1, 0.15) is 23.2 Å². The number of carboxylic acids is 1. The van der Waals surface area contributed by atoms with Crippen molar-refractivity contribution < 1.29 is 23.5 Å². The van der Waals surface area contributed by atoms with E-state index in [0.717, 1.165) is 17.0 Å². The van der Waals surface area contributed by atoms with Crippen LogP contribution in [0.2, 0.25) is 0 Å². The lowest BCUT2D eigenvalue weighted by Gasteiger charge is -2.21. The Bertz CT molecular complexity index is 504. The quantitative estimate of drug-likeness (QED) is 0.874. The SMILES string of the molecule is O=C(O)C1CCCN1C(=O)c1cccc(F)c1F. The number of likely N-dealkylation sites (tertiary alicyclic amines) is 1. The van der Waals surface area contributed by atoms with E-state index in [4.69, 9.17) is 5.11 Å². The van der Waals surface area contributed by atoms with E-state index < -0.39 is 35.1 Å². The first-order valence-corrected chi connectivity index (χ1v) is 5.50. The highest BCUT2D eigenvalue weighted by atomic mass is 19.2. The molecular formula is C12H11F2NO3. The molecule has 0 spiro atoms. The van der Waals surface area contributed by atoms with E-state index in [2.05, 4.69) is 0 Å². The van der Waals surface area contributed by atoms with Crippen molar-refractivity contribution in [2.45, 2.75) is 18.9 Å². The van der Waals surface area contributed by atoms with Crippen molar-refractivity contribution in [2.24, 2.45) is 0 Å². The maximum atomic E-state index is 13.5. The Hall–Kier alpha value is -1.98. The predicted octanol–water partition coefficient (Wildman–Crippen LogP) is 1.65. The minimum Gasteiger partial charge on any atom is -0.480 e. The van der Waals surface area contributed by atoms with Gasteiger partial charge < -0.3 is 10.0 Å². The van der Waals surface area contributed by atoms with E-state index >= 15 is 0 Å². The number of benzene rings is 1. The van der Waals surface area contributed by atoms with Crippen molar-refractivity contribution in [2.75, 3.05) is 6.54 Å². The molecule has 1 heterocycles. The highest BCUT2D eigenvalue weighted by molar-refractivity contribution is 5.97. The fourth-order valence-electron chi connectivity index (χ4n) is 2.09. The summed E-state index contributed by atoms with van der Waals surface area (Å²) in [5, 5.41) is 8.94. The first kappa shape index (κ1) is 12.5. The van der Waals surface area contributed by atoms with Crippen LogP contribution in [0, 0.1) is 11.6 Å². The van der Waals surface area contributed by atoms with Gasteiger partial charge in [-0.3, -0.25) is 4.79 Å². The molecule has 1 fully saturated rings. The Kier molecular flexibility index (Phi) is 3.27. The molecule has 1 amide bonds. The average molecular weight is 255 g/mol. The topological polar surface area (TPSA) is 57.6 Å². The van der Waals surface area contributed by atoms with Crippen molar-refractivity contribution in [3.05, 3.63) is 35.4 Å². The molecule has 6 heteroatoms. The third-order valence-corrected chi connectivity index (χ3v) is 2.98. The summed E-state index contributed by atoms with van der Waals surface area (Å²) in [5.41, 5.74) is -0.428. The Morgan fingerprint density at radius 1 is 1.33 bits per heavy atom. The molecule has 0 bridgehead atoms. The lowest BCUT2D eigenvalue weighted by Crippen LogP contribution is -2.40. The van der Waals surface area contributed by atoms with Gasteiger partial charge in [0.15, 0.2) is 11.6 Å². The molecular weight excluding hydrogens is 244 g/mol. The molecule has 0 aliphatic carbocycles. The van der Waals surface area contributed by atoms with Crippen LogP contribution in [0.4, 0.5) is 8.78 Å². The summed E-state index contributed by atoms with van der Waals surface area (Å²) in [6.45, 7) is 0.242. The molecule has 1 saturated heterocycles. The summed E-state index contributed by atoms with van der Waals surface area (Å²) in [4.78, 5) is 24.0. The summed E-state index contributed by atoms with van der Waals surface area (Å²) >= 11 is 0. The second-order valence-corrected chi connectivity index (χ2v) is 4.10. The van der Waals surface area contributed by atoms with E-state index in [-0.39, 0.29) is 6.54 Å². The zero-order valence-corrected chi connectivity index (χ0v) is 9.40. The fourth-order valence-corrected chi connectivity index (χ4v) is 2.09. The molecule has 1 unspecified atom stereocenters. The van der Waals surface area contributed by atoms with E-state index in [1.54, 1.807) is 0 Å². The van der Waals surface area contributed by atoms with Crippen LogP contribution in [0.5, 0.6) is 0 Å². The zero-order valence-electron chi connectivity index (χ0n) is 9.40. The van der Waals surface area contributed by atoms with E-state index in [9.17, 15) is 18.4 Å². The van der Waals surface area contributed by atoms with Gasteiger partial charge in [0.1, 0.15) is 6.04 Å².